The summed E-state index contributed by atoms with van der Waals surface area (Å²) in [6.45, 7) is 2.57. The van der Waals surface area contributed by atoms with Crippen molar-refractivity contribution in [2.75, 3.05) is 6.61 Å². The van der Waals surface area contributed by atoms with Crippen LogP contribution < -0.4 is 10.1 Å². The van der Waals surface area contributed by atoms with E-state index in [9.17, 15) is 4.79 Å². The third-order valence-electron chi connectivity index (χ3n) is 7.40. The minimum absolute atomic E-state index is 0.0987. The number of nitrogens with one attached hydrogen (secondary N) is 1. The van der Waals surface area contributed by atoms with Gasteiger partial charge in [0.1, 0.15) is 4.90 Å². The van der Waals surface area contributed by atoms with Gasteiger partial charge in [-0.25, -0.2) is 0 Å². The molecule has 0 aliphatic heterocycles. The summed E-state index contributed by atoms with van der Waals surface area (Å²) < 4.78 is 11.6. The second-order valence-electron chi connectivity index (χ2n) is 9.91. The number of carbonyl (C=O) groups excluding carboxylic acids is 1. The van der Waals surface area contributed by atoms with Crippen molar-refractivity contribution in [2.24, 2.45) is 17.8 Å². The number of amides is 1. The first kappa shape index (κ1) is 23.9. The molecule has 7 heteroatoms. The summed E-state index contributed by atoms with van der Waals surface area (Å²) in [5.74, 6) is 2.53. The summed E-state index contributed by atoms with van der Waals surface area (Å²) in [5.41, 5.74) is 1.13. The standard InChI is InChI=1S/C28H33N3O3S/c1-19(23-17-21-6-5-7-22(16-21)18-23)30-27(32)25-26(35-24-8-3-2-4-9-24)28(31-34-25)33-15-12-20-10-13-29-14-11-20/h2-4,8-11,13-14,19,21-23H,5-7,12,15-18H2,1H3,(H,30,32). The number of rotatable bonds is 9. The van der Waals surface area contributed by atoms with Crippen LogP contribution in [0.25, 0.3) is 0 Å². The molecule has 1 aromatic carbocycles. The lowest BCUT2D eigenvalue weighted by atomic mass is 9.66. The number of benzene rings is 1. The lowest BCUT2D eigenvalue weighted by molar-refractivity contribution is 0.0818. The van der Waals surface area contributed by atoms with Crippen LogP contribution in [0, 0.1) is 17.8 Å². The highest BCUT2D eigenvalue weighted by Crippen LogP contribution is 2.44. The molecule has 2 bridgehead atoms. The Bertz CT molecular complexity index is 1090. The fourth-order valence-electron chi connectivity index (χ4n) is 5.60. The molecule has 2 saturated carbocycles. The second kappa shape index (κ2) is 11.3. The van der Waals surface area contributed by atoms with Gasteiger partial charge in [0, 0.05) is 29.8 Å². The molecule has 1 N–H and O–H groups in total. The first-order valence-corrected chi connectivity index (χ1v) is 13.5. The molecule has 5 rings (SSSR count). The zero-order valence-electron chi connectivity index (χ0n) is 20.2. The molecule has 2 aromatic heterocycles. The summed E-state index contributed by atoms with van der Waals surface area (Å²) in [6.07, 6.45) is 12.1. The van der Waals surface area contributed by atoms with Crippen LogP contribution in [0.4, 0.5) is 0 Å². The van der Waals surface area contributed by atoms with Gasteiger partial charge >= 0.3 is 0 Å². The summed E-state index contributed by atoms with van der Waals surface area (Å²) in [7, 11) is 0. The maximum atomic E-state index is 13.3. The molecule has 2 aliphatic rings. The molecular formula is C28H33N3O3S. The van der Waals surface area contributed by atoms with Gasteiger partial charge in [-0.3, -0.25) is 9.78 Å². The van der Waals surface area contributed by atoms with Crippen LogP contribution in [-0.2, 0) is 6.42 Å². The normalized spacial score (nSPS) is 22.4. The van der Waals surface area contributed by atoms with Crippen LogP contribution in [0.2, 0.25) is 0 Å². The van der Waals surface area contributed by atoms with E-state index in [1.54, 1.807) is 12.4 Å². The lowest BCUT2D eigenvalue weighted by Crippen LogP contribution is -2.42. The summed E-state index contributed by atoms with van der Waals surface area (Å²) in [6, 6.07) is 14.0. The predicted octanol–water partition coefficient (Wildman–Crippen LogP) is 6.18. The quantitative estimate of drug-likeness (QED) is 0.385. The second-order valence-corrected chi connectivity index (χ2v) is 11.0. The number of ether oxygens (including phenoxy) is 1. The monoisotopic (exact) mass is 491 g/mol. The van der Waals surface area contributed by atoms with Crippen molar-refractivity contribution in [3.63, 3.8) is 0 Å². The van der Waals surface area contributed by atoms with E-state index in [1.807, 2.05) is 42.5 Å². The van der Waals surface area contributed by atoms with E-state index in [2.05, 4.69) is 22.4 Å². The first-order chi connectivity index (χ1) is 17.2. The molecule has 6 nitrogen and oxygen atoms in total. The van der Waals surface area contributed by atoms with Gasteiger partial charge in [0.2, 0.25) is 5.76 Å². The number of carbonyl (C=O) groups is 1. The molecule has 35 heavy (non-hydrogen) atoms. The summed E-state index contributed by atoms with van der Waals surface area (Å²) >= 11 is 1.45. The maximum Gasteiger partial charge on any atom is 0.291 e. The Balaban J connectivity index is 1.28. The molecule has 184 valence electrons. The third-order valence-corrected chi connectivity index (χ3v) is 8.47. The Hall–Kier alpha value is -2.80. The number of hydrogen-bond acceptors (Lipinski definition) is 6. The molecule has 1 amide bonds. The fourth-order valence-corrected chi connectivity index (χ4v) is 6.53. The molecule has 3 aromatic rings. The molecule has 2 aliphatic carbocycles. The van der Waals surface area contributed by atoms with Crippen LogP contribution >= 0.6 is 11.8 Å². The van der Waals surface area contributed by atoms with Gasteiger partial charge in [-0.05, 0) is 78.9 Å². The molecule has 3 unspecified atom stereocenters. The lowest BCUT2D eigenvalue weighted by Gasteiger charge is -2.41. The minimum atomic E-state index is -0.219. The fraction of sp³-hybridized carbons (Fsp3) is 0.464. The molecule has 0 radical (unpaired) electrons. The van der Waals surface area contributed by atoms with E-state index in [0.29, 0.717) is 29.7 Å². The zero-order chi connectivity index (χ0) is 24.0. The Morgan fingerprint density at radius 1 is 1.11 bits per heavy atom. The van der Waals surface area contributed by atoms with Crippen molar-refractivity contribution >= 4 is 17.7 Å². The van der Waals surface area contributed by atoms with Crippen LogP contribution in [0.1, 0.15) is 61.6 Å². The van der Waals surface area contributed by atoms with Gasteiger partial charge in [0.05, 0.1) is 6.61 Å². The van der Waals surface area contributed by atoms with Crippen LogP contribution in [0.15, 0.2) is 69.2 Å². The molecule has 0 spiro atoms. The van der Waals surface area contributed by atoms with Crippen molar-refractivity contribution in [1.82, 2.24) is 15.5 Å². The van der Waals surface area contributed by atoms with Crippen molar-refractivity contribution in [2.45, 2.75) is 67.7 Å². The Kier molecular flexibility index (Phi) is 7.72. The largest absolute Gasteiger partial charge is 0.474 e. The summed E-state index contributed by atoms with van der Waals surface area (Å²) in [4.78, 5) is 19.0. The van der Waals surface area contributed by atoms with E-state index >= 15 is 0 Å². The molecule has 0 saturated heterocycles. The maximum absolute atomic E-state index is 13.3. The highest BCUT2D eigenvalue weighted by Gasteiger charge is 2.35. The van der Waals surface area contributed by atoms with Crippen molar-refractivity contribution in [1.29, 1.82) is 0 Å². The van der Waals surface area contributed by atoms with E-state index < -0.39 is 0 Å². The van der Waals surface area contributed by atoms with Crippen LogP contribution in [0.5, 0.6) is 5.88 Å². The van der Waals surface area contributed by atoms with Gasteiger partial charge in [-0.15, -0.1) is 0 Å². The number of hydrogen-bond donors (Lipinski definition) is 1. The highest BCUT2D eigenvalue weighted by atomic mass is 32.2. The number of fused-ring (bicyclic) bond motifs is 2. The average molecular weight is 492 g/mol. The van der Waals surface area contributed by atoms with Crippen molar-refractivity contribution in [3.8, 4) is 5.88 Å². The topological polar surface area (TPSA) is 77.2 Å². The van der Waals surface area contributed by atoms with E-state index in [-0.39, 0.29) is 17.7 Å². The Morgan fingerprint density at radius 2 is 1.86 bits per heavy atom. The van der Waals surface area contributed by atoms with Crippen molar-refractivity contribution < 1.29 is 14.1 Å². The zero-order valence-corrected chi connectivity index (χ0v) is 21.0. The number of pyridine rings is 1. The molecule has 3 atom stereocenters. The minimum Gasteiger partial charge on any atom is -0.474 e. The predicted molar refractivity (Wildman–Crippen MR) is 136 cm³/mol. The van der Waals surface area contributed by atoms with Crippen molar-refractivity contribution in [3.05, 3.63) is 66.2 Å². The van der Waals surface area contributed by atoms with E-state index in [4.69, 9.17) is 9.26 Å². The molecular weight excluding hydrogens is 458 g/mol. The molecule has 2 fully saturated rings. The van der Waals surface area contributed by atoms with E-state index in [0.717, 1.165) is 22.3 Å². The number of aromatic nitrogens is 2. The highest BCUT2D eigenvalue weighted by molar-refractivity contribution is 7.99. The first-order valence-electron chi connectivity index (χ1n) is 12.7. The SMILES string of the molecule is CC(NC(=O)c1onc(OCCc2ccncc2)c1Sc1ccccc1)C1CC2CCCC(C2)C1. The number of nitrogens with zero attached hydrogens (tertiary/aromatic N) is 2. The van der Waals surface area contributed by atoms with Gasteiger partial charge in [0.25, 0.3) is 11.8 Å². The third kappa shape index (κ3) is 6.07. The van der Waals surface area contributed by atoms with Gasteiger partial charge in [-0.1, -0.05) is 49.2 Å². The Labute approximate surface area is 211 Å². The van der Waals surface area contributed by atoms with Gasteiger partial charge in [0.15, 0.2) is 0 Å². The van der Waals surface area contributed by atoms with Crippen LogP contribution in [0.3, 0.4) is 0 Å². The Morgan fingerprint density at radius 3 is 2.60 bits per heavy atom. The average Bonchev–Trinajstić information content (AvgIpc) is 3.27. The van der Waals surface area contributed by atoms with Gasteiger partial charge in [-0.2, -0.15) is 0 Å². The van der Waals surface area contributed by atoms with Crippen LogP contribution in [-0.4, -0.2) is 28.7 Å². The smallest absolute Gasteiger partial charge is 0.291 e. The van der Waals surface area contributed by atoms with Gasteiger partial charge < -0.3 is 14.6 Å². The van der Waals surface area contributed by atoms with E-state index in [1.165, 1.54) is 50.3 Å². The molecule has 2 heterocycles. The summed E-state index contributed by atoms with van der Waals surface area (Å²) in [5, 5.41) is 7.37.